The van der Waals surface area contributed by atoms with Crippen LogP contribution >= 0.6 is 0 Å². The van der Waals surface area contributed by atoms with Gasteiger partial charge in [0.05, 0.1) is 0 Å². The van der Waals surface area contributed by atoms with E-state index in [1.807, 2.05) is 0 Å². The van der Waals surface area contributed by atoms with E-state index in [9.17, 15) is 14.4 Å². The molecule has 6 nitrogen and oxygen atoms in total. The van der Waals surface area contributed by atoms with Crippen LogP contribution in [0.5, 0.6) is 0 Å². The van der Waals surface area contributed by atoms with E-state index in [1.54, 1.807) is 0 Å². The summed E-state index contributed by atoms with van der Waals surface area (Å²) in [6.45, 7) is 0. The van der Waals surface area contributed by atoms with Crippen molar-refractivity contribution in [3.8, 4) is 0 Å². The van der Waals surface area contributed by atoms with Gasteiger partial charge in [-0.05, 0) is 25.7 Å². The average Bonchev–Trinajstić information content (AvgIpc) is 2.20. The molecule has 3 amide bonds. The molecule has 0 spiro atoms. The second-order valence-corrected chi connectivity index (χ2v) is 4.96. The second kappa shape index (κ2) is 4.44. The number of hydrogen-bond acceptors (Lipinski definition) is 4. The first-order chi connectivity index (χ1) is 7.98. The van der Waals surface area contributed by atoms with Crippen LogP contribution in [0.1, 0.15) is 38.5 Å². The molecule has 1 saturated carbocycles. The lowest BCUT2D eigenvalue weighted by atomic mass is 9.75. The SMILES string of the molecule is NC1(CC(=O)NC2CCC(=O)NC2=O)CCC1. The van der Waals surface area contributed by atoms with Gasteiger partial charge in [-0.25, -0.2) is 0 Å². The van der Waals surface area contributed by atoms with Crippen LogP contribution in [0.4, 0.5) is 0 Å². The van der Waals surface area contributed by atoms with Gasteiger partial charge in [-0.3, -0.25) is 19.7 Å². The van der Waals surface area contributed by atoms with Crippen LogP contribution in [-0.2, 0) is 14.4 Å². The highest BCUT2D eigenvalue weighted by Gasteiger charge is 2.36. The molecular formula is C11H17N3O3. The van der Waals surface area contributed by atoms with Crippen LogP contribution in [-0.4, -0.2) is 29.3 Å². The standard InChI is InChI=1S/C11H17N3O3/c12-11(4-1-5-11)6-9(16)13-7-2-3-8(15)14-10(7)17/h7H,1-6,12H2,(H,13,16)(H,14,15,17). The molecule has 2 fully saturated rings. The zero-order valence-corrected chi connectivity index (χ0v) is 9.62. The summed E-state index contributed by atoms with van der Waals surface area (Å²) >= 11 is 0. The van der Waals surface area contributed by atoms with E-state index >= 15 is 0 Å². The maximum atomic E-state index is 11.7. The molecule has 17 heavy (non-hydrogen) atoms. The summed E-state index contributed by atoms with van der Waals surface area (Å²) in [5, 5.41) is 4.83. The van der Waals surface area contributed by atoms with E-state index in [4.69, 9.17) is 5.73 Å². The Bertz CT molecular complexity index is 363. The van der Waals surface area contributed by atoms with Crippen molar-refractivity contribution in [3.05, 3.63) is 0 Å². The Hall–Kier alpha value is -1.43. The largest absolute Gasteiger partial charge is 0.344 e. The van der Waals surface area contributed by atoms with Crippen molar-refractivity contribution in [1.82, 2.24) is 10.6 Å². The van der Waals surface area contributed by atoms with Crippen molar-refractivity contribution < 1.29 is 14.4 Å². The molecule has 2 rings (SSSR count). The normalized spacial score (nSPS) is 27.0. The first-order valence-corrected chi connectivity index (χ1v) is 5.90. The molecule has 1 aliphatic carbocycles. The van der Waals surface area contributed by atoms with Crippen molar-refractivity contribution in [2.75, 3.05) is 0 Å². The zero-order valence-electron chi connectivity index (χ0n) is 9.62. The predicted octanol–water partition coefficient (Wildman–Crippen LogP) is -0.821. The van der Waals surface area contributed by atoms with Crippen molar-refractivity contribution in [2.45, 2.75) is 50.1 Å². The summed E-state index contributed by atoms with van der Waals surface area (Å²) in [7, 11) is 0. The molecule has 0 aromatic rings. The fourth-order valence-electron chi connectivity index (χ4n) is 2.20. The molecule has 94 valence electrons. The predicted molar refractivity (Wildman–Crippen MR) is 59.7 cm³/mol. The van der Waals surface area contributed by atoms with Crippen molar-refractivity contribution in [2.24, 2.45) is 5.73 Å². The van der Waals surface area contributed by atoms with Gasteiger partial charge in [-0.2, -0.15) is 0 Å². The van der Waals surface area contributed by atoms with Crippen LogP contribution in [0.3, 0.4) is 0 Å². The van der Waals surface area contributed by atoms with Crippen molar-refractivity contribution >= 4 is 17.7 Å². The van der Waals surface area contributed by atoms with Gasteiger partial charge in [0, 0.05) is 18.4 Å². The lowest BCUT2D eigenvalue weighted by molar-refractivity contribution is -0.137. The zero-order chi connectivity index (χ0) is 12.5. The Morgan fingerprint density at radius 2 is 2.18 bits per heavy atom. The number of amides is 3. The summed E-state index contributed by atoms with van der Waals surface area (Å²) in [5.74, 6) is -0.911. The Kier molecular flexibility index (Phi) is 3.15. The highest BCUT2D eigenvalue weighted by atomic mass is 16.2. The molecule has 1 atom stereocenters. The van der Waals surface area contributed by atoms with Gasteiger partial charge in [0.15, 0.2) is 0 Å². The topological polar surface area (TPSA) is 101 Å². The minimum atomic E-state index is -0.594. The number of carbonyl (C=O) groups excluding carboxylic acids is 3. The molecular weight excluding hydrogens is 222 g/mol. The molecule has 0 aromatic heterocycles. The number of nitrogens with one attached hydrogen (secondary N) is 2. The molecule has 6 heteroatoms. The monoisotopic (exact) mass is 239 g/mol. The van der Waals surface area contributed by atoms with Gasteiger partial charge >= 0.3 is 0 Å². The number of rotatable bonds is 3. The molecule has 0 bridgehead atoms. The first kappa shape index (κ1) is 12.0. The summed E-state index contributed by atoms with van der Waals surface area (Å²) in [6, 6.07) is -0.594. The molecule has 0 radical (unpaired) electrons. The van der Waals surface area contributed by atoms with E-state index in [2.05, 4.69) is 10.6 Å². The average molecular weight is 239 g/mol. The van der Waals surface area contributed by atoms with Gasteiger partial charge < -0.3 is 11.1 Å². The molecule has 1 unspecified atom stereocenters. The van der Waals surface area contributed by atoms with Crippen LogP contribution in [0.25, 0.3) is 0 Å². The van der Waals surface area contributed by atoms with E-state index in [0.29, 0.717) is 6.42 Å². The third-order valence-corrected chi connectivity index (χ3v) is 3.44. The molecule has 1 saturated heterocycles. The van der Waals surface area contributed by atoms with Gasteiger partial charge in [0.25, 0.3) is 0 Å². The number of nitrogens with two attached hydrogens (primary N) is 1. The second-order valence-electron chi connectivity index (χ2n) is 4.96. The number of imide groups is 1. The molecule has 0 aromatic carbocycles. The van der Waals surface area contributed by atoms with E-state index in [-0.39, 0.29) is 30.2 Å². The smallest absolute Gasteiger partial charge is 0.249 e. The maximum absolute atomic E-state index is 11.7. The van der Waals surface area contributed by atoms with Gasteiger partial charge in [-0.1, -0.05) is 0 Å². The lowest BCUT2D eigenvalue weighted by Gasteiger charge is -2.37. The fourth-order valence-corrected chi connectivity index (χ4v) is 2.20. The Labute approximate surface area is 99.3 Å². The Balaban J connectivity index is 1.82. The summed E-state index contributed by atoms with van der Waals surface area (Å²) in [6.07, 6.45) is 3.66. The third-order valence-electron chi connectivity index (χ3n) is 3.44. The highest BCUT2D eigenvalue weighted by molar-refractivity contribution is 6.01. The minimum Gasteiger partial charge on any atom is -0.344 e. The van der Waals surface area contributed by atoms with E-state index in [1.165, 1.54) is 0 Å². The number of piperidine rings is 1. The third kappa shape index (κ3) is 2.82. The van der Waals surface area contributed by atoms with Crippen molar-refractivity contribution in [1.29, 1.82) is 0 Å². The van der Waals surface area contributed by atoms with Crippen LogP contribution < -0.4 is 16.4 Å². The van der Waals surface area contributed by atoms with Crippen molar-refractivity contribution in [3.63, 3.8) is 0 Å². The van der Waals surface area contributed by atoms with Crippen LogP contribution in [0, 0.1) is 0 Å². The van der Waals surface area contributed by atoms with Gasteiger partial charge in [-0.15, -0.1) is 0 Å². The number of carbonyl (C=O) groups is 3. The van der Waals surface area contributed by atoms with Crippen LogP contribution in [0.15, 0.2) is 0 Å². The van der Waals surface area contributed by atoms with Gasteiger partial charge in [0.2, 0.25) is 17.7 Å². The number of hydrogen-bond donors (Lipinski definition) is 3. The quantitative estimate of drug-likeness (QED) is 0.560. The lowest BCUT2D eigenvalue weighted by Crippen LogP contribution is -2.55. The maximum Gasteiger partial charge on any atom is 0.249 e. The first-order valence-electron chi connectivity index (χ1n) is 5.90. The van der Waals surface area contributed by atoms with E-state index in [0.717, 1.165) is 19.3 Å². The summed E-state index contributed by atoms with van der Waals surface area (Å²) < 4.78 is 0. The molecule has 2 aliphatic rings. The Morgan fingerprint density at radius 3 is 2.71 bits per heavy atom. The molecule has 1 aliphatic heterocycles. The minimum absolute atomic E-state index is 0.207. The summed E-state index contributed by atoms with van der Waals surface area (Å²) in [5.41, 5.74) is 5.57. The molecule has 1 heterocycles. The summed E-state index contributed by atoms with van der Waals surface area (Å²) in [4.78, 5) is 34.0. The van der Waals surface area contributed by atoms with E-state index < -0.39 is 11.9 Å². The molecule has 4 N–H and O–H groups in total. The van der Waals surface area contributed by atoms with Gasteiger partial charge in [0.1, 0.15) is 6.04 Å². The Morgan fingerprint density at radius 1 is 1.47 bits per heavy atom. The van der Waals surface area contributed by atoms with Crippen LogP contribution in [0.2, 0.25) is 0 Å². The highest BCUT2D eigenvalue weighted by Crippen LogP contribution is 2.31. The fraction of sp³-hybridized carbons (Fsp3) is 0.727.